The molecule has 0 saturated carbocycles. The lowest BCUT2D eigenvalue weighted by Crippen LogP contribution is -2.15. The van der Waals surface area contributed by atoms with Crippen molar-refractivity contribution in [2.24, 2.45) is 0 Å². The zero-order valence-corrected chi connectivity index (χ0v) is 11.4. The molecule has 0 aliphatic rings. The van der Waals surface area contributed by atoms with Crippen LogP contribution >= 0.6 is 11.6 Å². The van der Waals surface area contributed by atoms with Crippen LogP contribution in [0.2, 0.25) is 5.02 Å². The van der Waals surface area contributed by atoms with E-state index in [2.05, 4.69) is 4.98 Å². The summed E-state index contributed by atoms with van der Waals surface area (Å²) in [6.45, 7) is 2.31. The SMILES string of the molecule is CCC(=O)OC(Cn1ccnc1)c1ccc(Cl)cc1. The van der Waals surface area contributed by atoms with Crippen molar-refractivity contribution in [2.45, 2.75) is 26.0 Å². The van der Waals surface area contributed by atoms with Crippen LogP contribution < -0.4 is 0 Å². The lowest BCUT2D eigenvalue weighted by molar-refractivity contribution is -0.149. The van der Waals surface area contributed by atoms with Gasteiger partial charge < -0.3 is 9.30 Å². The van der Waals surface area contributed by atoms with Crippen LogP contribution in [0.25, 0.3) is 0 Å². The lowest BCUT2D eigenvalue weighted by Gasteiger charge is -2.18. The van der Waals surface area contributed by atoms with Gasteiger partial charge in [0.2, 0.25) is 0 Å². The molecule has 1 unspecified atom stereocenters. The Morgan fingerprint density at radius 2 is 2.16 bits per heavy atom. The molecule has 0 saturated heterocycles. The molecule has 5 heteroatoms. The van der Waals surface area contributed by atoms with Crippen LogP contribution in [0.1, 0.15) is 25.0 Å². The number of halogens is 1. The molecule has 2 rings (SSSR count). The van der Waals surface area contributed by atoms with Crippen LogP contribution in [0.4, 0.5) is 0 Å². The van der Waals surface area contributed by atoms with Crippen molar-refractivity contribution >= 4 is 17.6 Å². The summed E-state index contributed by atoms with van der Waals surface area (Å²) in [5.41, 5.74) is 0.917. The van der Waals surface area contributed by atoms with Gasteiger partial charge in [-0.05, 0) is 17.7 Å². The van der Waals surface area contributed by atoms with Gasteiger partial charge in [-0.3, -0.25) is 4.79 Å². The van der Waals surface area contributed by atoms with Crippen molar-refractivity contribution in [3.05, 3.63) is 53.6 Å². The molecule has 1 atom stereocenters. The van der Waals surface area contributed by atoms with E-state index in [1.54, 1.807) is 31.6 Å². The summed E-state index contributed by atoms with van der Waals surface area (Å²) in [5.74, 6) is -0.222. The zero-order valence-electron chi connectivity index (χ0n) is 10.6. The average Bonchev–Trinajstić information content (AvgIpc) is 2.91. The summed E-state index contributed by atoms with van der Waals surface area (Å²) in [7, 11) is 0. The molecule has 1 aromatic carbocycles. The summed E-state index contributed by atoms with van der Waals surface area (Å²) in [4.78, 5) is 15.5. The number of carbonyl (C=O) groups is 1. The number of esters is 1. The van der Waals surface area contributed by atoms with E-state index in [0.29, 0.717) is 18.0 Å². The second kappa shape index (κ2) is 6.38. The quantitative estimate of drug-likeness (QED) is 0.789. The molecule has 0 fully saturated rings. The molecule has 100 valence electrons. The van der Waals surface area contributed by atoms with E-state index in [1.807, 2.05) is 22.9 Å². The fourth-order valence-electron chi connectivity index (χ4n) is 1.72. The van der Waals surface area contributed by atoms with Crippen LogP contribution in [0.3, 0.4) is 0 Å². The van der Waals surface area contributed by atoms with Crippen LogP contribution in [-0.2, 0) is 16.1 Å². The Hall–Kier alpha value is -1.81. The van der Waals surface area contributed by atoms with Gasteiger partial charge in [0.15, 0.2) is 0 Å². The Labute approximate surface area is 117 Å². The number of imidazole rings is 1. The predicted octanol–water partition coefficient (Wildman–Crippen LogP) is 3.23. The van der Waals surface area contributed by atoms with Crippen LogP contribution in [0, 0.1) is 0 Å². The van der Waals surface area contributed by atoms with Gasteiger partial charge in [0.05, 0.1) is 12.9 Å². The van der Waals surface area contributed by atoms with E-state index >= 15 is 0 Å². The minimum atomic E-state index is -0.334. The lowest BCUT2D eigenvalue weighted by atomic mass is 10.1. The van der Waals surface area contributed by atoms with E-state index in [9.17, 15) is 4.79 Å². The first-order valence-corrected chi connectivity index (χ1v) is 6.47. The van der Waals surface area contributed by atoms with E-state index in [0.717, 1.165) is 5.56 Å². The van der Waals surface area contributed by atoms with Gasteiger partial charge in [-0.2, -0.15) is 0 Å². The van der Waals surface area contributed by atoms with Crippen molar-refractivity contribution in [1.82, 2.24) is 9.55 Å². The van der Waals surface area contributed by atoms with Crippen LogP contribution in [0.5, 0.6) is 0 Å². The molecule has 0 aliphatic carbocycles. The maximum Gasteiger partial charge on any atom is 0.306 e. The third-order valence-corrected chi connectivity index (χ3v) is 2.99. The Morgan fingerprint density at radius 3 is 2.74 bits per heavy atom. The summed E-state index contributed by atoms with van der Waals surface area (Å²) in [6.07, 6.45) is 5.25. The predicted molar refractivity (Wildman–Crippen MR) is 72.8 cm³/mol. The second-order valence-electron chi connectivity index (χ2n) is 4.14. The Morgan fingerprint density at radius 1 is 1.42 bits per heavy atom. The van der Waals surface area contributed by atoms with E-state index in [1.165, 1.54) is 0 Å². The molecule has 19 heavy (non-hydrogen) atoms. The van der Waals surface area contributed by atoms with E-state index in [4.69, 9.17) is 16.3 Å². The summed E-state index contributed by atoms with van der Waals surface area (Å²) < 4.78 is 7.35. The number of hydrogen-bond acceptors (Lipinski definition) is 3. The van der Waals surface area contributed by atoms with Crippen molar-refractivity contribution in [1.29, 1.82) is 0 Å². The fraction of sp³-hybridized carbons (Fsp3) is 0.286. The molecule has 0 bridgehead atoms. The van der Waals surface area contributed by atoms with Crippen molar-refractivity contribution in [3.8, 4) is 0 Å². The average molecular weight is 279 g/mol. The first-order valence-electron chi connectivity index (χ1n) is 6.09. The monoisotopic (exact) mass is 278 g/mol. The number of benzene rings is 1. The maximum absolute atomic E-state index is 11.5. The van der Waals surface area contributed by atoms with Crippen molar-refractivity contribution in [2.75, 3.05) is 0 Å². The largest absolute Gasteiger partial charge is 0.456 e. The Kier molecular flexibility index (Phi) is 4.58. The first kappa shape index (κ1) is 13.6. The Bertz CT molecular complexity index is 523. The van der Waals surface area contributed by atoms with Gasteiger partial charge in [0.25, 0.3) is 0 Å². The van der Waals surface area contributed by atoms with E-state index in [-0.39, 0.29) is 12.1 Å². The van der Waals surface area contributed by atoms with Gasteiger partial charge in [0.1, 0.15) is 6.10 Å². The normalized spacial score (nSPS) is 12.1. The molecule has 4 nitrogen and oxygen atoms in total. The third kappa shape index (κ3) is 3.83. The molecule has 1 aromatic heterocycles. The number of ether oxygens (including phenoxy) is 1. The van der Waals surface area contributed by atoms with Crippen molar-refractivity contribution < 1.29 is 9.53 Å². The molecular formula is C14H15ClN2O2. The molecule has 0 spiro atoms. The minimum Gasteiger partial charge on any atom is -0.456 e. The summed E-state index contributed by atoms with van der Waals surface area (Å²) in [6, 6.07) is 7.31. The van der Waals surface area contributed by atoms with Gasteiger partial charge in [-0.25, -0.2) is 4.98 Å². The Balaban J connectivity index is 2.17. The second-order valence-corrected chi connectivity index (χ2v) is 4.58. The van der Waals surface area contributed by atoms with Crippen LogP contribution in [-0.4, -0.2) is 15.5 Å². The van der Waals surface area contributed by atoms with Gasteiger partial charge in [-0.1, -0.05) is 30.7 Å². The standard InChI is InChI=1S/C14H15ClN2O2/c1-2-14(18)19-13(9-17-8-7-16-10-17)11-3-5-12(15)6-4-11/h3-8,10,13H,2,9H2,1H3. The first-order chi connectivity index (χ1) is 9.19. The van der Waals surface area contributed by atoms with Gasteiger partial charge in [0, 0.05) is 23.8 Å². The highest BCUT2D eigenvalue weighted by Gasteiger charge is 2.16. The third-order valence-electron chi connectivity index (χ3n) is 2.74. The number of nitrogens with zero attached hydrogens (tertiary/aromatic N) is 2. The topological polar surface area (TPSA) is 44.1 Å². The molecular weight excluding hydrogens is 264 g/mol. The number of hydrogen-bond donors (Lipinski definition) is 0. The summed E-state index contributed by atoms with van der Waals surface area (Å²) >= 11 is 5.87. The highest BCUT2D eigenvalue weighted by atomic mass is 35.5. The molecule has 1 heterocycles. The smallest absolute Gasteiger partial charge is 0.306 e. The fourth-order valence-corrected chi connectivity index (χ4v) is 1.84. The minimum absolute atomic E-state index is 0.222. The molecule has 0 radical (unpaired) electrons. The maximum atomic E-state index is 11.5. The molecule has 0 aliphatic heterocycles. The molecule has 0 N–H and O–H groups in total. The van der Waals surface area contributed by atoms with Gasteiger partial charge >= 0.3 is 5.97 Å². The van der Waals surface area contributed by atoms with Crippen LogP contribution in [0.15, 0.2) is 43.0 Å². The number of carbonyl (C=O) groups excluding carboxylic acids is 1. The zero-order chi connectivity index (χ0) is 13.7. The van der Waals surface area contributed by atoms with Gasteiger partial charge in [-0.15, -0.1) is 0 Å². The molecule has 0 amide bonds. The molecule has 2 aromatic rings. The van der Waals surface area contributed by atoms with E-state index < -0.39 is 0 Å². The summed E-state index contributed by atoms with van der Waals surface area (Å²) in [5, 5.41) is 0.659. The highest BCUT2D eigenvalue weighted by molar-refractivity contribution is 6.30. The highest BCUT2D eigenvalue weighted by Crippen LogP contribution is 2.22. The van der Waals surface area contributed by atoms with Crippen molar-refractivity contribution in [3.63, 3.8) is 0 Å². The number of aromatic nitrogens is 2. The number of rotatable bonds is 5.